The number of fused-ring (bicyclic) bond motifs is 2. The summed E-state index contributed by atoms with van der Waals surface area (Å²) in [6, 6.07) is 3.01. The van der Waals surface area contributed by atoms with Crippen LogP contribution in [0.25, 0.3) is 0 Å². The number of amides is 1. The van der Waals surface area contributed by atoms with Crippen LogP contribution in [-0.4, -0.2) is 24.0 Å². The summed E-state index contributed by atoms with van der Waals surface area (Å²) in [5, 5.41) is 6.19. The molecule has 2 heterocycles. The van der Waals surface area contributed by atoms with Crippen LogP contribution in [0, 0.1) is 5.82 Å². The maximum Gasteiger partial charge on any atom is 0.419 e. The van der Waals surface area contributed by atoms with Gasteiger partial charge in [-0.25, -0.2) is 4.39 Å². The smallest absolute Gasteiger partial charge is 0.349 e. The van der Waals surface area contributed by atoms with Gasteiger partial charge in [0.2, 0.25) is 0 Å². The Balaban J connectivity index is 1.72. The van der Waals surface area contributed by atoms with Crippen molar-refractivity contribution < 1.29 is 22.4 Å². The van der Waals surface area contributed by atoms with Crippen molar-refractivity contribution in [1.82, 2.24) is 10.6 Å². The quantitative estimate of drug-likeness (QED) is 0.824. The van der Waals surface area contributed by atoms with Gasteiger partial charge in [-0.2, -0.15) is 13.2 Å². The molecule has 22 heavy (non-hydrogen) atoms. The van der Waals surface area contributed by atoms with Crippen LogP contribution < -0.4 is 10.6 Å². The van der Waals surface area contributed by atoms with Crippen molar-refractivity contribution in [3.8, 4) is 0 Å². The van der Waals surface area contributed by atoms with E-state index >= 15 is 0 Å². The Morgan fingerprint density at radius 1 is 1.18 bits per heavy atom. The van der Waals surface area contributed by atoms with Crippen molar-refractivity contribution in [3.05, 3.63) is 35.1 Å². The number of rotatable bonds is 2. The number of piperidine rings is 1. The average molecular weight is 316 g/mol. The maximum absolute atomic E-state index is 13.2. The molecule has 2 aliphatic heterocycles. The molecule has 2 aliphatic rings. The standard InChI is InChI=1S/C15H16F4N2O/c16-13-4-1-8(5-12(13)15(17,18)19)14(22)21-11-6-9-2-3-10(7-11)20-9/h1,4-5,9-11,20H,2-3,6-7H2,(H,21,22). The highest BCUT2D eigenvalue weighted by Gasteiger charge is 2.36. The molecule has 2 saturated heterocycles. The van der Waals surface area contributed by atoms with Crippen molar-refractivity contribution in [2.45, 2.75) is 50.0 Å². The molecule has 2 atom stereocenters. The summed E-state index contributed by atoms with van der Waals surface area (Å²) in [6.45, 7) is 0. The fraction of sp³-hybridized carbons (Fsp3) is 0.533. The first-order valence-corrected chi connectivity index (χ1v) is 7.26. The van der Waals surface area contributed by atoms with Crippen LogP contribution in [0.4, 0.5) is 17.6 Å². The van der Waals surface area contributed by atoms with Crippen molar-refractivity contribution in [1.29, 1.82) is 0 Å². The van der Waals surface area contributed by atoms with Gasteiger partial charge in [-0.1, -0.05) is 0 Å². The molecule has 2 fully saturated rings. The van der Waals surface area contributed by atoms with Gasteiger partial charge >= 0.3 is 6.18 Å². The van der Waals surface area contributed by atoms with Crippen LogP contribution in [0.3, 0.4) is 0 Å². The number of nitrogens with one attached hydrogen (secondary N) is 2. The Kier molecular flexibility index (Phi) is 3.84. The first kappa shape index (κ1) is 15.3. The van der Waals surface area contributed by atoms with Crippen LogP contribution in [0.5, 0.6) is 0 Å². The lowest BCUT2D eigenvalue weighted by Crippen LogP contribution is -2.48. The average Bonchev–Trinajstić information content (AvgIpc) is 2.77. The summed E-state index contributed by atoms with van der Waals surface area (Å²) >= 11 is 0. The highest BCUT2D eigenvalue weighted by molar-refractivity contribution is 5.94. The normalized spacial score (nSPS) is 27.7. The predicted molar refractivity (Wildman–Crippen MR) is 71.8 cm³/mol. The van der Waals surface area contributed by atoms with E-state index in [9.17, 15) is 22.4 Å². The second kappa shape index (κ2) is 5.53. The lowest BCUT2D eigenvalue weighted by molar-refractivity contribution is -0.140. The van der Waals surface area contributed by atoms with E-state index in [-0.39, 0.29) is 11.6 Å². The largest absolute Gasteiger partial charge is 0.419 e. The first-order chi connectivity index (χ1) is 10.3. The minimum Gasteiger partial charge on any atom is -0.349 e. The van der Waals surface area contributed by atoms with E-state index < -0.39 is 23.5 Å². The Labute approximate surface area is 125 Å². The first-order valence-electron chi connectivity index (χ1n) is 7.26. The van der Waals surface area contributed by atoms with Gasteiger partial charge in [-0.05, 0) is 43.9 Å². The van der Waals surface area contributed by atoms with Crippen molar-refractivity contribution in [2.75, 3.05) is 0 Å². The predicted octanol–water partition coefficient (Wildman–Crippen LogP) is 2.86. The van der Waals surface area contributed by atoms with E-state index in [1.807, 2.05) is 0 Å². The van der Waals surface area contributed by atoms with Gasteiger partial charge in [0.05, 0.1) is 5.56 Å². The third-order valence-corrected chi connectivity index (χ3v) is 4.34. The number of benzene rings is 1. The third-order valence-electron chi connectivity index (χ3n) is 4.34. The molecule has 120 valence electrons. The van der Waals surface area contributed by atoms with Crippen molar-refractivity contribution in [3.63, 3.8) is 0 Å². The number of alkyl halides is 3. The van der Waals surface area contributed by atoms with Crippen molar-refractivity contribution >= 4 is 5.91 Å². The molecule has 0 aromatic heterocycles. The van der Waals surface area contributed by atoms with Gasteiger partial charge in [-0.3, -0.25) is 4.79 Å². The minimum absolute atomic E-state index is 0.0503. The molecule has 0 radical (unpaired) electrons. The Morgan fingerprint density at radius 2 is 1.82 bits per heavy atom. The topological polar surface area (TPSA) is 41.1 Å². The summed E-state index contributed by atoms with van der Waals surface area (Å²) in [4.78, 5) is 12.1. The fourth-order valence-electron chi connectivity index (χ4n) is 3.33. The summed E-state index contributed by atoms with van der Waals surface area (Å²) in [5.74, 6) is -1.96. The molecule has 2 unspecified atom stereocenters. The molecule has 0 spiro atoms. The zero-order valence-electron chi connectivity index (χ0n) is 11.7. The van der Waals surface area contributed by atoms with E-state index in [2.05, 4.69) is 10.6 Å². The molecule has 1 aromatic rings. The van der Waals surface area contributed by atoms with E-state index in [1.165, 1.54) is 0 Å². The highest BCUT2D eigenvalue weighted by atomic mass is 19.4. The molecule has 1 amide bonds. The van der Waals surface area contributed by atoms with E-state index in [4.69, 9.17) is 0 Å². The maximum atomic E-state index is 13.2. The summed E-state index contributed by atoms with van der Waals surface area (Å²) in [5.41, 5.74) is -1.58. The molecule has 2 bridgehead atoms. The molecule has 3 nitrogen and oxygen atoms in total. The molecule has 2 N–H and O–H groups in total. The van der Waals surface area contributed by atoms with Crippen LogP contribution in [0.15, 0.2) is 18.2 Å². The fourth-order valence-corrected chi connectivity index (χ4v) is 3.33. The van der Waals surface area contributed by atoms with Gasteiger partial charge < -0.3 is 10.6 Å². The highest BCUT2D eigenvalue weighted by Crippen LogP contribution is 2.32. The van der Waals surface area contributed by atoms with Crippen LogP contribution in [-0.2, 0) is 6.18 Å². The van der Waals surface area contributed by atoms with Gasteiger partial charge in [0.15, 0.2) is 0 Å². The number of halogens is 4. The second-order valence-corrected chi connectivity index (χ2v) is 5.97. The number of carbonyl (C=O) groups is 1. The van der Waals surface area contributed by atoms with E-state index in [0.29, 0.717) is 24.2 Å². The number of hydrogen-bond donors (Lipinski definition) is 2. The lowest BCUT2D eigenvalue weighted by atomic mass is 9.99. The molecule has 3 rings (SSSR count). The van der Waals surface area contributed by atoms with E-state index in [1.54, 1.807) is 0 Å². The Hall–Kier alpha value is -1.63. The Bertz CT molecular complexity index is 575. The van der Waals surface area contributed by atoms with Gasteiger partial charge in [0.25, 0.3) is 5.91 Å². The van der Waals surface area contributed by atoms with Crippen molar-refractivity contribution in [2.24, 2.45) is 0 Å². The molecule has 0 saturated carbocycles. The molecule has 7 heteroatoms. The minimum atomic E-state index is -4.81. The SMILES string of the molecule is O=C(NC1CC2CCC(C1)N2)c1ccc(F)c(C(F)(F)F)c1. The molecular weight excluding hydrogens is 300 g/mol. The monoisotopic (exact) mass is 316 g/mol. The van der Waals surface area contributed by atoms with Crippen LogP contribution >= 0.6 is 0 Å². The summed E-state index contributed by atoms with van der Waals surface area (Å²) < 4.78 is 51.3. The summed E-state index contributed by atoms with van der Waals surface area (Å²) in [6.07, 6.45) is -1.14. The van der Waals surface area contributed by atoms with Crippen LogP contribution in [0.2, 0.25) is 0 Å². The third kappa shape index (κ3) is 3.09. The zero-order chi connectivity index (χ0) is 15.9. The molecule has 0 aliphatic carbocycles. The lowest BCUT2D eigenvalue weighted by Gasteiger charge is -2.29. The zero-order valence-corrected chi connectivity index (χ0v) is 11.7. The van der Waals surface area contributed by atoms with E-state index in [0.717, 1.165) is 31.7 Å². The molecule has 1 aromatic carbocycles. The Morgan fingerprint density at radius 3 is 2.41 bits per heavy atom. The van der Waals surface area contributed by atoms with Gasteiger partial charge in [-0.15, -0.1) is 0 Å². The van der Waals surface area contributed by atoms with Gasteiger partial charge in [0, 0.05) is 23.7 Å². The number of carbonyl (C=O) groups excluding carboxylic acids is 1. The van der Waals surface area contributed by atoms with Crippen LogP contribution in [0.1, 0.15) is 41.6 Å². The number of hydrogen-bond acceptors (Lipinski definition) is 2. The molecular formula is C15H16F4N2O. The second-order valence-electron chi connectivity index (χ2n) is 5.97. The summed E-state index contributed by atoms with van der Waals surface area (Å²) in [7, 11) is 0. The van der Waals surface area contributed by atoms with Gasteiger partial charge in [0.1, 0.15) is 5.82 Å².